The van der Waals surface area contributed by atoms with Crippen LogP contribution in [0, 0.1) is 5.82 Å². The Labute approximate surface area is 137 Å². The number of hydrogen-bond donors (Lipinski definition) is 1. The molecule has 1 aromatic carbocycles. The number of nitrogens with zero attached hydrogens (tertiary/aromatic N) is 2. The van der Waals surface area contributed by atoms with Gasteiger partial charge in [0.15, 0.2) is 0 Å². The van der Waals surface area contributed by atoms with Crippen LogP contribution < -0.4 is 5.32 Å². The van der Waals surface area contributed by atoms with Gasteiger partial charge in [-0.2, -0.15) is 0 Å². The summed E-state index contributed by atoms with van der Waals surface area (Å²) in [4.78, 5) is 20.6. The van der Waals surface area contributed by atoms with Crippen molar-refractivity contribution in [2.24, 2.45) is 0 Å². The van der Waals surface area contributed by atoms with E-state index in [1.54, 1.807) is 18.3 Å². The van der Waals surface area contributed by atoms with Crippen LogP contribution in [0.15, 0.2) is 54.0 Å². The van der Waals surface area contributed by atoms with Crippen molar-refractivity contribution >= 4 is 22.9 Å². The van der Waals surface area contributed by atoms with Crippen LogP contribution in [0.3, 0.4) is 0 Å². The third kappa shape index (κ3) is 4.20. The number of aromatic nitrogens is 2. The third-order valence-corrected chi connectivity index (χ3v) is 4.07. The van der Waals surface area contributed by atoms with E-state index < -0.39 is 0 Å². The van der Waals surface area contributed by atoms with Gasteiger partial charge in [-0.05, 0) is 36.8 Å². The minimum absolute atomic E-state index is 0.164. The van der Waals surface area contributed by atoms with Gasteiger partial charge in [-0.3, -0.25) is 9.78 Å². The average Bonchev–Trinajstić information content (AvgIpc) is 3.03. The first-order chi connectivity index (χ1) is 11.2. The average molecular weight is 327 g/mol. The molecule has 0 aliphatic rings. The van der Waals surface area contributed by atoms with Crippen LogP contribution in [0.2, 0.25) is 0 Å². The quantitative estimate of drug-likeness (QED) is 0.773. The Bertz CT molecular complexity index is 804. The molecule has 1 amide bonds. The summed E-state index contributed by atoms with van der Waals surface area (Å²) in [6, 6.07) is 11.5. The molecular formula is C17H14FN3OS. The maximum atomic E-state index is 13.1. The van der Waals surface area contributed by atoms with E-state index >= 15 is 0 Å². The Hall–Kier alpha value is -2.60. The van der Waals surface area contributed by atoms with E-state index in [0.29, 0.717) is 18.5 Å². The van der Waals surface area contributed by atoms with Crippen molar-refractivity contribution < 1.29 is 9.18 Å². The van der Waals surface area contributed by atoms with Crippen LogP contribution in [0.5, 0.6) is 0 Å². The molecular weight excluding hydrogens is 313 g/mol. The zero-order valence-corrected chi connectivity index (χ0v) is 13.0. The second-order valence-electron chi connectivity index (χ2n) is 4.92. The Morgan fingerprint density at radius 1 is 1.22 bits per heavy atom. The molecule has 0 aliphatic heterocycles. The Morgan fingerprint density at radius 3 is 2.91 bits per heavy atom. The van der Waals surface area contributed by atoms with Gasteiger partial charge in [0.2, 0.25) is 5.91 Å². The molecule has 0 aliphatic carbocycles. The van der Waals surface area contributed by atoms with Gasteiger partial charge in [-0.25, -0.2) is 9.37 Å². The first kappa shape index (κ1) is 15.3. The van der Waals surface area contributed by atoms with Crippen molar-refractivity contribution in [3.8, 4) is 10.7 Å². The minimum Gasteiger partial charge on any atom is -0.326 e. The van der Waals surface area contributed by atoms with E-state index in [1.165, 1.54) is 23.5 Å². The molecule has 1 N–H and O–H groups in total. The molecule has 6 heteroatoms. The fourth-order valence-corrected chi connectivity index (χ4v) is 2.89. The highest BCUT2D eigenvalue weighted by atomic mass is 32.1. The van der Waals surface area contributed by atoms with Crippen molar-refractivity contribution in [3.63, 3.8) is 0 Å². The second kappa shape index (κ2) is 7.11. The van der Waals surface area contributed by atoms with E-state index in [9.17, 15) is 9.18 Å². The highest BCUT2D eigenvalue weighted by Crippen LogP contribution is 2.22. The number of carbonyl (C=O) groups excluding carboxylic acids is 1. The lowest BCUT2D eigenvalue weighted by atomic mass is 10.2. The van der Waals surface area contributed by atoms with E-state index in [0.717, 1.165) is 16.4 Å². The van der Waals surface area contributed by atoms with Crippen LogP contribution in [0.4, 0.5) is 10.1 Å². The Kier molecular flexibility index (Phi) is 4.73. The first-order valence-corrected chi connectivity index (χ1v) is 8.00. The molecule has 0 fully saturated rings. The normalized spacial score (nSPS) is 10.5. The van der Waals surface area contributed by atoms with E-state index in [4.69, 9.17) is 0 Å². The fourth-order valence-electron chi connectivity index (χ4n) is 2.06. The predicted octanol–water partition coefficient (Wildman–Crippen LogP) is 3.92. The topological polar surface area (TPSA) is 54.9 Å². The highest BCUT2D eigenvalue weighted by Gasteiger charge is 2.08. The number of benzene rings is 1. The number of amides is 1. The summed E-state index contributed by atoms with van der Waals surface area (Å²) in [5.41, 5.74) is 2.14. The van der Waals surface area contributed by atoms with Crippen molar-refractivity contribution in [1.29, 1.82) is 0 Å². The maximum absolute atomic E-state index is 13.1. The number of pyridine rings is 1. The Balaban J connectivity index is 1.56. The standard InChI is InChI=1S/C17H14FN3OS/c18-12-4-3-5-13(10-12)20-16(22)8-7-14-11-23-17(21-14)15-6-1-2-9-19-15/h1-6,9-11H,7-8H2,(H,20,22). The second-order valence-corrected chi connectivity index (χ2v) is 5.78. The molecule has 0 saturated heterocycles. The van der Waals surface area contributed by atoms with Crippen LogP contribution in [0.25, 0.3) is 10.7 Å². The lowest BCUT2D eigenvalue weighted by Crippen LogP contribution is -2.12. The van der Waals surface area contributed by atoms with Gasteiger partial charge in [0.25, 0.3) is 0 Å². The monoisotopic (exact) mass is 327 g/mol. The number of hydrogen-bond acceptors (Lipinski definition) is 4. The number of halogens is 1. The molecule has 116 valence electrons. The Morgan fingerprint density at radius 2 is 2.13 bits per heavy atom. The number of aryl methyl sites for hydroxylation is 1. The van der Waals surface area contributed by atoms with Crippen LogP contribution >= 0.6 is 11.3 Å². The summed E-state index contributed by atoms with van der Waals surface area (Å²) in [6.45, 7) is 0. The molecule has 0 saturated carbocycles. The molecule has 2 heterocycles. The van der Waals surface area contributed by atoms with Gasteiger partial charge in [0.1, 0.15) is 10.8 Å². The smallest absolute Gasteiger partial charge is 0.224 e. The molecule has 0 spiro atoms. The van der Waals surface area contributed by atoms with Gasteiger partial charge < -0.3 is 5.32 Å². The molecule has 0 radical (unpaired) electrons. The van der Waals surface area contributed by atoms with Gasteiger partial charge in [-0.15, -0.1) is 11.3 Å². The zero-order chi connectivity index (χ0) is 16.1. The largest absolute Gasteiger partial charge is 0.326 e. The highest BCUT2D eigenvalue weighted by molar-refractivity contribution is 7.13. The summed E-state index contributed by atoms with van der Waals surface area (Å²) in [7, 11) is 0. The molecule has 0 unspecified atom stereocenters. The number of anilines is 1. The van der Waals surface area contributed by atoms with Crippen molar-refractivity contribution in [3.05, 3.63) is 65.6 Å². The molecule has 3 aromatic rings. The van der Waals surface area contributed by atoms with Crippen molar-refractivity contribution in [1.82, 2.24) is 9.97 Å². The number of thiazole rings is 1. The molecule has 3 rings (SSSR count). The van der Waals surface area contributed by atoms with Crippen LogP contribution in [-0.4, -0.2) is 15.9 Å². The molecule has 23 heavy (non-hydrogen) atoms. The van der Waals surface area contributed by atoms with Crippen molar-refractivity contribution in [2.75, 3.05) is 5.32 Å². The summed E-state index contributed by atoms with van der Waals surface area (Å²) >= 11 is 1.51. The molecule has 0 atom stereocenters. The third-order valence-electron chi connectivity index (χ3n) is 3.15. The summed E-state index contributed by atoms with van der Waals surface area (Å²) in [5.74, 6) is -0.537. The van der Waals surface area contributed by atoms with Crippen molar-refractivity contribution in [2.45, 2.75) is 12.8 Å². The lowest BCUT2D eigenvalue weighted by Gasteiger charge is -2.04. The lowest BCUT2D eigenvalue weighted by molar-refractivity contribution is -0.116. The number of rotatable bonds is 5. The summed E-state index contributed by atoms with van der Waals surface area (Å²) in [6.07, 6.45) is 2.55. The van der Waals surface area contributed by atoms with Crippen LogP contribution in [-0.2, 0) is 11.2 Å². The van der Waals surface area contributed by atoms with Gasteiger partial charge in [-0.1, -0.05) is 12.1 Å². The van der Waals surface area contributed by atoms with E-state index in [-0.39, 0.29) is 11.7 Å². The molecule has 0 bridgehead atoms. The predicted molar refractivity (Wildman–Crippen MR) is 88.7 cm³/mol. The van der Waals surface area contributed by atoms with Gasteiger partial charge in [0.05, 0.1) is 11.4 Å². The maximum Gasteiger partial charge on any atom is 0.224 e. The number of carbonyl (C=O) groups is 1. The molecule has 4 nitrogen and oxygen atoms in total. The molecule has 2 aromatic heterocycles. The SMILES string of the molecule is O=C(CCc1csc(-c2ccccn2)n1)Nc1cccc(F)c1. The summed E-state index contributed by atoms with van der Waals surface area (Å²) in [5, 5.41) is 5.44. The minimum atomic E-state index is -0.373. The summed E-state index contributed by atoms with van der Waals surface area (Å²) < 4.78 is 13.1. The van der Waals surface area contributed by atoms with Gasteiger partial charge >= 0.3 is 0 Å². The van der Waals surface area contributed by atoms with E-state index in [2.05, 4.69) is 15.3 Å². The van der Waals surface area contributed by atoms with E-state index in [1.807, 2.05) is 23.6 Å². The van der Waals surface area contributed by atoms with Gasteiger partial charge in [0, 0.05) is 23.7 Å². The zero-order valence-electron chi connectivity index (χ0n) is 12.2. The first-order valence-electron chi connectivity index (χ1n) is 7.12. The van der Waals surface area contributed by atoms with Crippen LogP contribution in [0.1, 0.15) is 12.1 Å². The fraction of sp³-hybridized carbons (Fsp3) is 0.118. The number of nitrogens with one attached hydrogen (secondary N) is 1.